The van der Waals surface area contributed by atoms with Gasteiger partial charge in [-0.2, -0.15) is 10.2 Å². The molecule has 0 unspecified atom stereocenters. The van der Waals surface area contributed by atoms with Gasteiger partial charge in [0.25, 0.3) is 5.91 Å². The molecule has 5 nitrogen and oxygen atoms in total. The number of anilines is 1. The number of amides is 1. The molecule has 1 aromatic carbocycles. The van der Waals surface area contributed by atoms with Crippen molar-refractivity contribution in [3.63, 3.8) is 0 Å². The summed E-state index contributed by atoms with van der Waals surface area (Å²) >= 11 is 11.0. The highest BCUT2D eigenvalue weighted by Crippen LogP contribution is 2.24. The quantitative estimate of drug-likeness (QED) is 0.850. The Morgan fingerprint density at radius 2 is 2.00 bits per heavy atom. The number of hydrogen-bond donors (Lipinski definition) is 2. The standard InChI is InChI=1S/C14H13ClN4OS/c1-7-5-10(8(2)19-18-7)14(20)17-12-4-3-9(13(16)21)6-11(12)15/h3-6H,1-2H3,(H2,16,21)(H,17,20). The van der Waals surface area contributed by atoms with Crippen LogP contribution in [0.25, 0.3) is 0 Å². The monoisotopic (exact) mass is 320 g/mol. The smallest absolute Gasteiger partial charge is 0.257 e. The van der Waals surface area contributed by atoms with Gasteiger partial charge in [-0.15, -0.1) is 0 Å². The molecule has 0 aliphatic heterocycles. The highest BCUT2D eigenvalue weighted by molar-refractivity contribution is 7.80. The minimum atomic E-state index is -0.296. The highest BCUT2D eigenvalue weighted by atomic mass is 35.5. The molecule has 108 valence electrons. The van der Waals surface area contributed by atoms with Gasteiger partial charge in [-0.3, -0.25) is 4.79 Å². The van der Waals surface area contributed by atoms with Crippen molar-refractivity contribution in [2.45, 2.75) is 13.8 Å². The van der Waals surface area contributed by atoms with Crippen molar-refractivity contribution >= 4 is 40.4 Å². The number of nitrogens with two attached hydrogens (primary N) is 1. The van der Waals surface area contributed by atoms with Crippen LogP contribution in [0, 0.1) is 13.8 Å². The number of benzene rings is 1. The SMILES string of the molecule is Cc1cc(C(=O)Nc2ccc(C(N)=S)cc2Cl)c(C)nn1. The van der Waals surface area contributed by atoms with Crippen LogP contribution in [0.15, 0.2) is 24.3 Å². The van der Waals surface area contributed by atoms with E-state index in [-0.39, 0.29) is 10.9 Å². The molecular formula is C14H13ClN4OS. The lowest BCUT2D eigenvalue weighted by molar-refractivity contribution is 0.102. The Labute approximate surface area is 132 Å². The molecule has 0 atom stereocenters. The van der Waals surface area contributed by atoms with Gasteiger partial charge in [0.05, 0.1) is 27.7 Å². The Hall–Kier alpha value is -2.05. The fourth-order valence-electron chi connectivity index (χ4n) is 1.74. The fraction of sp³-hybridized carbons (Fsp3) is 0.143. The number of rotatable bonds is 3. The van der Waals surface area contributed by atoms with Gasteiger partial charge in [0.1, 0.15) is 4.99 Å². The van der Waals surface area contributed by atoms with Crippen LogP contribution in [-0.2, 0) is 0 Å². The van der Waals surface area contributed by atoms with Gasteiger partial charge in [0.15, 0.2) is 0 Å². The first kappa shape index (κ1) is 15.3. The Morgan fingerprint density at radius 1 is 1.29 bits per heavy atom. The topological polar surface area (TPSA) is 80.9 Å². The van der Waals surface area contributed by atoms with E-state index in [0.29, 0.717) is 33.2 Å². The summed E-state index contributed by atoms with van der Waals surface area (Å²) in [7, 11) is 0. The van der Waals surface area contributed by atoms with E-state index < -0.39 is 0 Å². The second kappa shape index (κ2) is 6.15. The Morgan fingerprint density at radius 3 is 2.62 bits per heavy atom. The largest absolute Gasteiger partial charge is 0.389 e. The third kappa shape index (κ3) is 3.53. The average Bonchev–Trinajstić information content (AvgIpc) is 2.43. The normalized spacial score (nSPS) is 10.2. The Kier molecular flexibility index (Phi) is 4.50. The summed E-state index contributed by atoms with van der Waals surface area (Å²) < 4.78 is 0. The fourth-order valence-corrected chi connectivity index (χ4v) is 2.09. The maximum atomic E-state index is 12.3. The van der Waals surface area contributed by atoms with Crippen molar-refractivity contribution in [1.29, 1.82) is 0 Å². The zero-order chi connectivity index (χ0) is 15.6. The maximum Gasteiger partial charge on any atom is 0.257 e. The summed E-state index contributed by atoms with van der Waals surface area (Å²) in [6, 6.07) is 6.65. The van der Waals surface area contributed by atoms with Crippen LogP contribution in [-0.4, -0.2) is 21.1 Å². The summed E-state index contributed by atoms with van der Waals surface area (Å²) in [5, 5.41) is 10.9. The number of aryl methyl sites for hydroxylation is 2. The molecule has 1 heterocycles. The molecule has 7 heteroatoms. The van der Waals surface area contributed by atoms with Crippen LogP contribution in [0.4, 0.5) is 5.69 Å². The summed E-state index contributed by atoms with van der Waals surface area (Å²) in [4.78, 5) is 12.5. The molecule has 0 aliphatic carbocycles. The van der Waals surface area contributed by atoms with Gasteiger partial charge in [-0.25, -0.2) is 0 Å². The lowest BCUT2D eigenvalue weighted by atomic mass is 10.1. The minimum absolute atomic E-state index is 0.250. The van der Waals surface area contributed by atoms with Crippen LogP contribution in [0.2, 0.25) is 5.02 Å². The molecule has 0 spiro atoms. The third-order valence-electron chi connectivity index (χ3n) is 2.85. The van der Waals surface area contributed by atoms with E-state index in [0.717, 1.165) is 0 Å². The average molecular weight is 321 g/mol. The Balaban J connectivity index is 2.27. The van der Waals surface area contributed by atoms with E-state index in [1.54, 1.807) is 38.1 Å². The lowest BCUT2D eigenvalue weighted by Crippen LogP contribution is -2.16. The molecule has 2 aromatic rings. The number of thiocarbonyl (C=S) groups is 1. The van der Waals surface area contributed by atoms with Gasteiger partial charge in [0, 0.05) is 5.56 Å². The van der Waals surface area contributed by atoms with E-state index in [2.05, 4.69) is 15.5 Å². The van der Waals surface area contributed by atoms with E-state index in [1.165, 1.54) is 0 Å². The van der Waals surface area contributed by atoms with Crippen LogP contribution in [0.1, 0.15) is 27.3 Å². The molecule has 0 saturated heterocycles. The van der Waals surface area contributed by atoms with Crippen LogP contribution >= 0.6 is 23.8 Å². The summed E-state index contributed by atoms with van der Waals surface area (Å²) in [5.41, 5.74) is 8.33. The second-order valence-electron chi connectivity index (χ2n) is 4.50. The molecule has 1 aromatic heterocycles. The van der Waals surface area contributed by atoms with Crippen molar-refractivity contribution in [3.05, 3.63) is 51.8 Å². The van der Waals surface area contributed by atoms with Crippen molar-refractivity contribution in [2.24, 2.45) is 5.73 Å². The second-order valence-corrected chi connectivity index (χ2v) is 5.34. The van der Waals surface area contributed by atoms with Gasteiger partial charge >= 0.3 is 0 Å². The van der Waals surface area contributed by atoms with Crippen LogP contribution in [0.5, 0.6) is 0 Å². The summed E-state index contributed by atoms with van der Waals surface area (Å²) in [5.74, 6) is -0.296. The first-order chi connectivity index (χ1) is 9.88. The number of nitrogens with one attached hydrogen (secondary N) is 1. The van der Waals surface area contributed by atoms with E-state index in [4.69, 9.17) is 29.6 Å². The van der Waals surface area contributed by atoms with Crippen molar-refractivity contribution in [3.8, 4) is 0 Å². The van der Waals surface area contributed by atoms with Gasteiger partial charge in [-0.05, 0) is 38.1 Å². The van der Waals surface area contributed by atoms with Gasteiger partial charge in [-0.1, -0.05) is 23.8 Å². The minimum Gasteiger partial charge on any atom is -0.389 e. The van der Waals surface area contributed by atoms with E-state index in [9.17, 15) is 4.79 Å². The zero-order valence-corrected chi connectivity index (χ0v) is 13.0. The molecule has 0 radical (unpaired) electrons. The Bertz CT molecular complexity index is 733. The first-order valence-electron chi connectivity index (χ1n) is 6.10. The summed E-state index contributed by atoms with van der Waals surface area (Å²) in [6.07, 6.45) is 0. The van der Waals surface area contributed by atoms with Crippen LogP contribution < -0.4 is 11.1 Å². The van der Waals surface area contributed by atoms with Gasteiger partial charge in [0.2, 0.25) is 0 Å². The summed E-state index contributed by atoms with van der Waals surface area (Å²) in [6.45, 7) is 3.49. The predicted molar refractivity (Wildman–Crippen MR) is 86.8 cm³/mol. The number of aromatic nitrogens is 2. The maximum absolute atomic E-state index is 12.3. The van der Waals surface area contributed by atoms with Crippen molar-refractivity contribution < 1.29 is 4.79 Å². The number of hydrogen-bond acceptors (Lipinski definition) is 4. The lowest BCUT2D eigenvalue weighted by Gasteiger charge is -2.10. The predicted octanol–water partition coefficient (Wildman–Crippen LogP) is 2.63. The molecule has 0 fully saturated rings. The molecule has 1 amide bonds. The van der Waals surface area contributed by atoms with Crippen molar-refractivity contribution in [1.82, 2.24) is 10.2 Å². The molecule has 0 bridgehead atoms. The van der Waals surface area contributed by atoms with Crippen LogP contribution in [0.3, 0.4) is 0 Å². The number of halogens is 1. The van der Waals surface area contributed by atoms with Crippen molar-refractivity contribution in [2.75, 3.05) is 5.32 Å². The molecular weight excluding hydrogens is 308 g/mol. The van der Waals surface area contributed by atoms with E-state index in [1.807, 2.05) is 0 Å². The number of carbonyl (C=O) groups excluding carboxylic acids is 1. The molecule has 0 saturated carbocycles. The highest BCUT2D eigenvalue weighted by Gasteiger charge is 2.13. The number of nitrogens with zero attached hydrogens (tertiary/aromatic N) is 2. The number of carbonyl (C=O) groups is 1. The van der Waals surface area contributed by atoms with Gasteiger partial charge < -0.3 is 11.1 Å². The third-order valence-corrected chi connectivity index (χ3v) is 3.40. The zero-order valence-electron chi connectivity index (χ0n) is 11.5. The molecule has 0 aliphatic rings. The first-order valence-corrected chi connectivity index (χ1v) is 6.88. The molecule has 3 N–H and O–H groups in total. The van der Waals surface area contributed by atoms with E-state index >= 15 is 0 Å². The molecule has 2 rings (SSSR count). The molecule has 21 heavy (non-hydrogen) atoms.